The number of rotatable bonds is 5. The summed E-state index contributed by atoms with van der Waals surface area (Å²) in [5.74, 6) is 0.958. The van der Waals surface area contributed by atoms with Crippen molar-refractivity contribution in [3.63, 3.8) is 0 Å². The molecule has 2 rings (SSSR count). The highest BCUT2D eigenvalue weighted by Crippen LogP contribution is 2.30. The lowest BCUT2D eigenvalue weighted by atomic mass is 10.1. The number of hydrogen-bond donors (Lipinski definition) is 1. The number of nitriles is 1. The molecule has 0 saturated heterocycles. The van der Waals surface area contributed by atoms with Gasteiger partial charge in [0.1, 0.15) is 6.07 Å². The zero-order chi connectivity index (χ0) is 15.2. The van der Waals surface area contributed by atoms with E-state index in [9.17, 15) is 5.26 Å². The lowest BCUT2D eigenvalue weighted by Gasteiger charge is -2.18. The molecule has 1 N–H and O–H groups in total. The summed E-state index contributed by atoms with van der Waals surface area (Å²) in [6.45, 7) is 4.19. The average Bonchev–Trinajstić information content (AvgIpc) is 2.48. The molecule has 0 aliphatic carbocycles. The van der Waals surface area contributed by atoms with Crippen LogP contribution < -0.4 is 5.32 Å². The number of nitrogens with one attached hydrogen (secondary N) is 1. The van der Waals surface area contributed by atoms with Crippen molar-refractivity contribution in [2.75, 3.05) is 11.1 Å². The van der Waals surface area contributed by atoms with Crippen LogP contribution in [-0.2, 0) is 0 Å². The zero-order valence-corrected chi connectivity index (χ0v) is 14.5. The Balaban J connectivity index is 2.27. The molecule has 0 spiro atoms. The number of nitrogens with zero attached hydrogens (tertiary/aromatic N) is 1. The van der Waals surface area contributed by atoms with Crippen LogP contribution in [0.25, 0.3) is 0 Å². The summed E-state index contributed by atoms with van der Waals surface area (Å²) in [4.78, 5) is 1.03. The Morgan fingerprint density at radius 3 is 2.71 bits per heavy atom. The Kier molecular flexibility index (Phi) is 5.72. The van der Waals surface area contributed by atoms with E-state index < -0.39 is 0 Å². The van der Waals surface area contributed by atoms with Crippen LogP contribution >= 0.6 is 27.7 Å². The molecule has 4 heteroatoms. The van der Waals surface area contributed by atoms with Crippen LogP contribution in [0.1, 0.15) is 31.0 Å². The van der Waals surface area contributed by atoms with Crippen molar-refractivity contribution in [2.24, 2.45) is 0 Å². The third-order valence-electron chi connectivity index (χ3n) is 3.16. The maximum Gasteiger partial charge on any atom is 0.102 e. The summed E-state index contributed by atoms with van der Waals surface area (Å²) in [5.41, 5.74) is 2.80. The Morgan fingerprint density at radius 2 is 2.05 bits per heavy atom. The van der Waals surface area contributed by atoms with Gasteiger partial charge < -0.3 is 5.32 Å². The lowest BCUT2D eigenvalue weighted by Crippen LogP contribution is -2.08. The Morgan fingerprint density at radius 1 is 1.29 bits per heavy atom. The van der Waals surface area contributed by atoms with Gasteiger partial charge in [-0.05, 0) is 42.5 Å². The molecule has 0 fully saturated rings. The van der Waals surface area contributed by atoms with Crippen LogP contribution in [0.4, 0.5) is 5.69 Å². The molecule has 0 aromatic heterocycles. The Labute approximate surface area is 138 Å². The van der Waals surface area contributed by atoms with E-state index in [1.807, 2.05) is 30.3 Å². The maximum atomic E-state index is 9.44. The minimum Gasteiger partial charge on any atom is -0.377 e. The quantitative estimate of drug-likeness (QED) is 0.704. The second-order valence-corrected chi connectivity index (χ2v) is 6.87. The topological polar surface area (TPSA) is 35.8 Å². The molecule has 1 unspecified atom stereocenters. The van der Waals surface area contributed by atoms with Crippen LogP contribution in [0, 0.1) is 11.3 Å². The van der Waals surface area contributed by atoms with Gasteiger partial charge in [-0.15, -0.1) is 11.8 Å². The van der Waals surface area contributed by atoms with E-state index in [-0.39, 0.29) is 6.04 Å². The van der Waals surface area contributed by atoms with Gasteiger partial charge in [-0.1, -0.05) is 41.1 Å². The van der Waals surface area contributed by atoms with Gasteiger partial charge in [0.15, 0.2) is 0 Å². The van der Waals surface area contributed by atoms with E-state index in [0.29, 0.717) is 0 Å². The van der Waals surface area contributed by atoms with Crippen molar-refractivity contribution in [3.8, 4) is 6.07 Å². The van der Waals surface area contributed by atoms with Gasteiger partial charge in [-0.2, -0.15) is 5.26 Å². The molecule has 0 aliphatic heterocycles. The largest absolute Gasteiger partial charge is 0.377 e. The van der Waals surface area contributed by atoms with E-state index >= 15 is 0 Å². The SMILES string of the molecule is CCSc1cccc(NC(C)c2cccc(Br)c2)c1C#N. The fourth-order valence-electron chi connectivity index (χ4n) is 2.14. The normalized spacial score (nSPS) is 11.7. The summed E-state index contributed by atoms with van der Waals surface area (Å²) in [6, 6.07) is 16.6. The second kappa shape index (κ2) is 7.53. The van der Waals surface area contributed by atoms with Crippen molar-refractivity contribution in [3.05, 3.63) is 58.1 Å². The van der Waals surface area contributed by atoms with Gasteiger partial charge in [0.25, 0.3) is 0 Å². The van der Waals surface area contributed by atoms with Crippen LogP contribution in [0.15, 0.2) is 51.8 Å². The molecule has 0 radical (unpaired) electrons. The van der Waals surface area contributed by atoms with Gasteiger partial charge in [-0.25, -0.2) is 0 Å². The van der Waals surface area contributed by atoms with Gasteiger partial charge >= 0.3 is 0 Å². The van der Waals surface area contributed by atoms with E-state index in [2.05, 4.69) is 53.3 Å². The summed E-state index contributed by atoms with van der Waals surface area (Å²) in [5, 5.41) is 12.9. The van der Waals surface area contributed by atoms with E-state index in [1.165, 1.54) is 5.56 Å². The fourth-order valence-corrected chi connectivity index (χ4v) is 3.34. The molecule has 0 heterocycles. The Hall–Kier alpha value is -1.44. The van der Waals surface area contributed by atoms with Crippen molar-refractivity contribution < 1.29 is 0 Å². The highest BCUT2D eigenvalue weighted by Gasteiger charge is 2.11. The Bertz CT molecular complexity index is 664. The fraction of sp³-hybridized carbons (Fsp3) is 0.235. The van der Waals surface area contributed by atoms with Gasteiger partial charge in [0, 0.05) is 15.4 Å². The summed E-state index contributed by atoms with van der Waals surface area (Å²) < 4.78 is 1.06. The molecule has 2 nitrogen and oxygen atoms in total. The first kappa shape index (κ1) is 15.9. The number of benzene rings is 2. The minimum absolute atomic E-state index is 0.136. The minimum atomic E-state index is 0.136. The summed E-state index contributed by atoms with van der Waals surface area (Å²) >= 11 is 5.19. The standard InChI is InChI=1S/C17H17BrN2S/c1-3-21-17-9-5-8-16(15(17)11-19)20-12(2)13-6-4-7-14(18)10-13/h4-10,12,20H,3H2,1-2H3. The molecule has 0 amide bonds. The van der Waals surface area contributed by atoms with Crippen molar-refractivity contribution in [2.45, 2.75) is 24.8 Å². The van der Waals surface area contributed by atoms with E-state index in [0.717, 1.165) is 26.4 Å². The van der Waals surface area contributed by atoms with Crippen molar-refractivity contribution >= 4 is 33.4 Å². The first-order valence-corrected chi connectivity index (χ1v) is 8.61. The number of hydrogen-bond acceptors (Lipinski definition) is 3. The maximum absolute atomic E-state index is 9.44. The molecule has 21 heavy (non-hydrogen) atoms. The van der Waals surface area contributed by atoms with Gasteiger partial charge in [0.05, 0.1) is 11.3 Å². The molecular weight excluding hydrogens is 344 g/mol. The first-order chi connectivity index (χ1) is 10.2. The van der Waals surface area contributed by atoms with Gasteiger partial charge in [-0.3, -0.25) is 0 Å². The second-order valence-electron chi connectivity index (χ2n) is 4.64. The predicted octanol–water partition coefficient (Wildman–Crippen LogP) is 5.61. The summed E-state index contributed by atoms with van der Waals surface area (Å²) in [7, 11) is 0. The van der Waals surface area contributed by atoms with Crippen LogP contribution in [0.3, 0.4) is 0 Å². The zero-order valence-electron chi connectivity index (χ0n) is 12.1. The molecule has 0 saturated carbocycles. The van der Waals surface area contributed by atoms with E-state index in [1.54, 1.807) is 11.8 Å². The lowest BCUT2D eigenvalue weighted by molar-refractivity contribution is 0.882. The first-order valence-electron chi connectivity index (χ1n) is 6.83. The average molecular weight is 361 g/mol. The van der Waals surface area contributed by atoms with Crippen molar-refractivity contribution in [1.82, 2.24) is 0 Å². The van der Waals surface area contributed by atoms with Crippen LogP contribution in [0.2, 0.25) is 0 Å². The monoisotopic (exact) mass is 360 g/mol. The molecule has 0 aliphatic rings. The molecular formula is C17H17BrN2S. The third-order valence-corrected chi connectivity index (χ3v) is 4.59. The van der Waals surface area contributed by atoms with Crippen molar-refractivity contribution in [1.29, 1.82) is 5.26 Å². The van der Waals surface area contributed by atoms with Crippen LogP contribution in [-0.4, -0.2) is 5.75 Å². The van der Waals surface area contributed by atoms with E-state index in [4.69, 9.17) is 0 Å². The number of halogens is 1. The molecule has 2 aromatic carbocycles. The molecule has 2 aromatic rings. The number of anilines is 1. The van der Waals surface area contributed by atoms with Gasteiger partial charge in [0.2, 0.25) is 0 Å². The molecule has 1 atom stereocenters. The third kappa shape index (κ3) is 4.03. The molecule has 108 valence electrons. The highest BCUT2D eigenvalue weighted by atomic mass is 79.9. The predicted molar refractivity (Wildman–Crippen MR) is 93.7 cm³/mol. The van der Waals surface area contributed by atoms with Crippen LogP contribution in [0.5, 0.6) is 0 Å². The highest BCUT2D eigenvalue weighted by molar-refractivity contribution is 9.10. The smallest absolute Gasteiger partial charge is 0.102 e. The summed E-state index contributed by atoms with van der Waals surface area (Å²) in [6.07, 6.45) is 0. The number of thioether (sulfide) groups is 1. The molecule has 0 bridgehead atoms.